The number of likely N-dealkylation sites (N-methyl/N-ethyl adjacent to an activating group) is 2. The Kier molecular flexibility index (Phi) is 7.96. The monoisotopic (exact) mass is 269 g/mol. The Labute approximate surface area is 120 Å². The SMILES string of the molecule is CCCNC(CC)C(C)N(C)CC1CCCN1CC. The maximum Gasteiger partial charge on any atom is 0.0223 e. The second-order valence-electron chi connectivity index (χ2n) is 6.07. The largest absolute Gasteiger partial charge is 0.312 e. The molecule has 1 aliphatic rings. The van der Waals surface area contributed by atoms with Crippen LogP contribution in [0.2, 0.25) is 0 Å². The van der Waals surface area contributed by atoms with Crippen LogP contribution >= 0.6 is 0 Å². The Bertz CT molecular complexity index is 232. The van der Waals surface area contributed by atoms with E-state index in [0.29, 0.717) is 12.1 Å². The van der Waals surface area contributed by atoms with Gasteiger partial charge in [0.05, 0.1) is 0 Å². The molecule has 114 valence electrons. The summed E-state index contributed by atoms with van der Waals surface area (Å²) in [7, 11) is 2.30. The van der Waals surface area contributed by atoms with E-state index in [1.54, 1.807) is 0 Å². The molecule has 0 spiro atoms. The summed E-state index contributed by atoms with van der Waals surface area (Å²) in [5, 5.41) is 3.69. The number of hydrogen-bond acceptors (Lipinski definition) is 3. The molecule has 1 rings (SSSR count). The molecule has 19 heavy (non-hydrogen) atoms. The van der Waals surface area contributed by atoms with E-state index in [9.17, 15) is 0 Å². The zero-order chi connectivity index (χ0) is 14.3. The van der Waals surface area contributed by atoms with Crippen LogP contribution in [0, 0.1) is 0 Å². The van der Waals surface area contributed by atoms with E-state index < -0.39 is 0 Å². The second-order valence-corrected chi connectivity index (χ2v) is 6.07. The van der Waals surface area contributed by atoms with Crippen LogP contribution in [0.5, 0.6) is 0 Å². The second kappa shape index (κ2) is 8.93. The molecule has 0 aromatic rings. The standard InChI is InChI=1S/C16H35N3/c1-6-11-17-16(7-2)14(4)18(5)13-15-10-9-12-19(15)8-3/h14-17H,6-13H2,1-5H3. The topological polar surface area (TPSA) is 18.5 Å². The summed E-state index contributed by atoms with van der Waals surface area (Å²) in [4.78, 5) is 5.21. The minimum Gasteiger partial charge on any atom is -0.312 e. The van der Waals surface area contributed by atoms with E-state index in [4.69, 9.17) is 0 Å². The Balaban J connectivity index is 2.43. The molecule has 1 saturated heterocycles. The molecule has 1 heterocycles. The zero-order valence-corrected chi connectivity index (χ0v) is 13.8. The smallest absolute Gasteiger partial charge is 0.0223 e. The first-order chi connectivity index (χ1) is 9.13. The van der Waals surface area contributed by atoms with Crippen molar-refractivity contribution in [3.05, 3.63) is 0 Å². The molecule has 0 aromatic heterocycles. The molecule has 3 atom stereocenters. The molecule has 0 saturated carbocycles. The third kappa shape index (κ3) is 5.05. The highest BCUT2D eigenvalue weighted by atomic mass is 15.2. The Morgan fingerprint density at radius 3 is 2.63 bits per heavy atom. The molecule has 3 unspecified atom stereocenters. The normalized spacial score (nSPS) is 24.0. The van der Waals surface area contributed by atoms with Crippen molar-refractivity contribution in [2.24, 2.45) is 0 Å². The maximum atomic E-state index is 3.69. The van der Waals surface area contributed by atoms with Crippen molar-refractivity contribution in [1.29, 1.82) is 0 Å². The van der Waals surface area contributed by atoms with Crippen molar-refractivity contribution in [2.45, 2.75) is 71.5 Å². The quantitative estimate of drug-likeness (QED) is 0.694. The highest BCUT2D eigenvalue weighted by molar-refractivity contribution is 4.85. The van der Waals surface area contributed by atoms with Crippen molar-refractivity contribution in [3.8, 4) is 0 Å². The summed E-state index contributed by atoms with van der Waals surface area (Å²) in [6.45, 7) is 14.1. The van der Waals surface area contributed by atoms with Crippen molar-refractivity contribution in [1.82, 2.24) is 15.1 Å². The molecule has 0 amide bonds. The van der Waals surface area contributed by atoms with Gasteiger partial charge in [0.1, 0.15) is 0 Å². The van der Waals surface area contributed by atoms with Crippen LogP contribution in [-0.4, -0.2) is 61.2 Å². The van der Waals surface area contributed by atoms with E-state index >= 15 is 0 Å². The van der Waals surface area contributed by atoms with Crippen molar-refractivity contribution in [2.75, 3.05) is 33.2 Å². The molecule has 3 heteroatoms. The molecule has 1 fully saturated rings. The molecule has 0 bridgehead atoms. The van der Waals surface area contributed by atoms with Crippen LogP contribution in [0.1, 0.15) is 53.4 Å². The lowest BCUT2D eigenvalue weighted by Crippen LogP contribution is -2.50. The fourth-order valence-corrected chi connectivity index (χ4v) is 3.31. The predicted octanol–water partition coefficient (Wildman–Crippen LogP) is 2.57. The van der Waals surface area contributed by atoms with E-state index in [1.807, 2.05) is 0 Å². The molecule has 0 radical (unpaired) electrons. The van der Waals surface area contributed by atoms with E-state index in [1.165, 1.54) is 45.3 Å². The van der Waals surface area contributed by atoms with Gasteiger partial charge in [-0.25, -0.2) is 0 Å². The molecule has 1 aliphatic heterocycles. The molecule has 1 N–H and O–H groups in total. The van der Waals surface area contributed by atoms with Crippen LogP contribution in [-0.2, 0) is 0 Å². The zero-order valence-electron chi connectivity index (χ0n) is 13.8. The molecule has 3 nitrogen and oxygen atoms in total. The first kappa shape index (κ1) is 16.9. The van der Waals surface area contributed by atoms with Crippen LogP contribution in [0.4, 0.5) is 0 Å². The Morgan fingerprint density at radius 2 is 2.05 bits per heavy atom. The Morgan fingerprint density at radius 1 is 1.32 bits per heavy atom. The van der Waals surface area contributed by atoms with E-state index in [-0.39, 0.29) is 0 Å². The van der Waals surface area contributed by atoms with Gasteiger partial charge in [0.2, 0.25) is 0 Å². The van der Waals surface area contributed by atoms with Gasteiger partial charge in [-0.2, -0.15) is 0 Å². The highest BCUT2D eigenvalue weighted by Crippen LogP contribution is 2.18. The summed E-state index contributed by atoms with van der Waals surface area (Å²) in [6.07, 6.45) is 5.20. The number of nitrogens with zero attached hydrogens (tertiary/aromatic N) is 2. The fourth-order valence-electron chi connectivity index (χ4n) is 3.31. The number of likely N-dealkylation sites (tertiary alicyclic amines) is 1. The van der Waals surface area contributed by atoms with Gasteiger partial charge in [-0.15, -0.1) is 0 Å². The van der Waals surface area contributed by atoms with Crippen LogP contribution < -0.4 is 5.32 Å². The van der Waals surface area contributed by atoms with E-state index in [2.05, 4.69) is 49.9 Å². The number of rotatable bonds is 9. The number of nitrogens with one attached hydrogen (secondary N) is 1. The van der Waals surface area contributed by atoms with Crippen LogP contribution in [0.3, 0.4) is 0 Å². The maximum absolute atomic E-state index is 3.69. The van der Waals surface area contributed by atoms with Crippen LogP contribution in [0.25, 0.3) is 0 Å². The van der Waals surface area contributed by atoms with Gasteiger partial charge >= 0.3 is 0 Å². The minimum atomic E-state index is 0.621. The highest BCUT2D eigenvalue weighted by Gasteiger charge is 2.27. The summed E-state index contributed by atoms with van der Waals surface area (Å²) in [5.41, 5.74) is 0. The molecular weight excluding hydrogens is 234 g/mol. The summed E-state index contributed by atoms with van der Waals surface area (Å²) >= 11 is 0. The van der Waals surface area contributed by atoms with E-state index in [0.717, 1.165) is 12.6 Å². The van der Waals surface area contributed by atoms with Crippen molar-refractivity contribution >= 4 is 0 Å². The molecule has 0 aromatic carbocycles. The average molecular weight is 269 g/mol. The summed E-state index contributed by atoms with van der Waals surface area (Å²) < 4.78 is 0. The first-order valence-corrected chi connectivity index (χ1v) is 8.31. The molecule has 0 aliphatic carbocycles. The van der Waals surface area contributed by atoms with Gasteiger partial charge in [-0.1, -0.05) is 20.8 Å². The van der Waals surface area contributed by atoms with Crippen molar-refractivity contribution < 1.29 is 0 Å². The number of hydrogen-bond donors (Lipinski definition) is 1. The minimum absolute atomic E-state index is 0.621. The lowest BCUT2D eigenvalue weighted by molar-refractivity contribution is 0.146. The lowest BCUT2D eigenvalue weighted by atomic mass is 10.0. The van der Waals surface area contributed by atoms with Crippen LogP contribution in [0.15, 0.2) is 0 Å². The fraction of sp³-hybridized carbons (Fsp3) is 1.00. The van der Waals surface area contributed by atoms with Gasteiger partial charge in [-0.05, 0) is 59.3 Å². The van der Waals surface area contributed by atoms with Gasteiger partial charge in [0.15, 0.2) is 0 Å². The van der Waals surface area contributed by atoms with Crippen molar-refractivity contribution in [3.63, 3.8) is 0 Å². The predicted molar refractivity (Wildman–Crippen MR) is 84.7 cm³/mol. The average Bonchev–Trinajstić information content (AvgIpc) is 2.86. The third-order valence-corrected chi connectivity index (χ3v) is 4.78. The van der Waals surface area contributed by atoms with Gasteiger partial charge in [0.25, 0.3) is 0 Å². The first-order valence-electron chi connectivity index (χ1n) is 8.31. The molecular formula is C16H35N3. The third-order valence-electron chi connectivity index (χ3n) is 4.78. The summed E-state index contributed by atoms with van der Waals surface area (Å²) in [6, 6.07) is 2.03. The van der Waals surface area contributed by atoms with Gasteiger partial charge in [-0.3, -0.25) is 4.90 Å². The summed E-state index contributed by atoms with van der Waals surface area (Å²) in [5.74, 6) is 0. The Hall–Kier alpha value is -0.120. The van der Waals surface area contributed by atoms with Gasteiger partial charge in [0, 0.05) is 24.7 Å². The van der Waals surface area contributed by atoms with Gasteiger partial charge < -0.3 is 10.2 Å². The lowest BCUT2D eigenvalue weighted by Gasteiger charge is -2.35.